The monoisotopic (exact) mass is 411 g/mol. The van der Waals surface area contributed by atoms with E-state index >= 15 is 0 Å². The highest BCUT2D eigenvalue weighted by atomic mass is 32.2. The molecule has 4 rings (SSSR count). The molecule has 1 saturated heterocycles. The maximum Gasteiger partial charge on any atom is 0.230 e. The maximum atomic E-state index is 12.1. The molecule has 1 saturated carbocycles. The highest BCUT2D eigenvalue weighted by molar-refractivity contribution is 7.99. The van der Waals surface area contributed by atoms with Crippen molar-refractivity contribution in [3.8, 4) is 0 Å². The van der Waals surface area contributed by atoms with Crippen LogP contribution in [0.1, 0.15) is 31.2 Å². The Bertz CT molecular complexity index is 814. The Morgan fingerprint density at radius 1 is 1.07 bits per heavy atom. The number of aryl methyl sites for hydroxylation is 1. The molecule has 1 aromatic carbocycles. The summed E-state index contributed by atoms with van der Waals surface area (Å²) in [6.45, 7) is 5.94. The van der Waals surface area contributed by atoms with Crippen LogP contribution in [0.4, 0.5) is 11.5 Å². The van der Waals surface area contributed by atoms with Gasteiger partial charge in [0.25, 0.3) is 0 Å². The summed E-state index contributed by atoms with van der Waals surface area (Å²) in [7, 11) is 0. The molecule has 0 spiro atoms. The number of aromatic nitrogens is 2. The second kappa shape index (κ2) is 9.48. The summed E-state index contributed by atoms with van der Waals surface area (Å²) in [5.74, 6) is 1.41. The van der Waals surface area contributed by atoms with E-state index in [1.165, 1.54) is 35.9 Å². The van der Waals surface area contributed by atoms with Crippen molar-refractivity contribution < 1.29 is 4.79 Å². The fraction of sp³-hybridized carbons (Fsp3) is 0.500. The molecule has 0 atom stereocenters. The van der Waals surface area contributed by atoms with Gasteiger partial charge < -0.3 is 15.1 Å². The molecule has 1 aromatic heterocycles. The van der Waals surface area contributed by atoms with Gasteiger partial charge in [0.2, 0.25) is 5.91 Å². The summed E-state index contributed by atoms with van der Waals surface area (Å²) >= 11 is 1.45. The molecule has 1 amide bonds. The topological polar surface area (TPSA) is 61.4 Å². The zero-order chi connectivity index (χ0) is 20.1. The van der Waals surface area contributed by atoms with Gasteiger partial charge in [0.05, 0.1) is 5.75 Å². The van der Waals surface area contributed by atoms with Gasteiger partial charge in [0.1, 0.15) is 5.03 Å². The van der Waals surface area contributed by atoms with E-state index in [1.54, 1.807) is 0 Å². The van der Waals surface area contributed by atoms with E-state index in [0.29, 0.717) is 11.8 Å². The van der Waals surface area contributed by atoms with Crippen LogP contribution in [0.15, 0.2) is 41.4 Å². The number of carbonyl (C=O) groups is 1. The van der Waals surface area contributed by atoms with E-state index in [2.05, 4.69) is 56.5 Å². The molecule has 2 aromatic rings. The third kappa shape index (κ3) is 5.41. The Kier molecular flexibility index (Phi) is 6.54. The Morgan fingerprint density at radius 3 is 2.52 bits per heavy atom. The van der Waals surface area contributed by atoms with Gasteiger partial charge in [-0.1, -0.05) is 36.7 Å². The highest BCUT2D eigenvalue weighted by Crippen LogP contribution is 2.22. The predicted octanol–water partition coefficient (Wildman–Crippen LogP) is 3.26. The lowest BCUT2D eigenvalue weighted by Crippen LogP contribution is -2.46. The van der Waals surface area contributed by atoms with Crippen LogP contribution in [0, 0.1) is 6.92 Å². The van der Waals surface area contributed by atoms with Crippen molar-refractivity contribution in [1.29, 1.82) is 0 Å². The third-order valence-electron chi connectivity index (χ3n) is 5.67. The number of anilines is 2. The van der Waals surface area contributed by atoms with Crippen LogP contribution in [0.3, 0.4) is 0 Å². The zero-order valence-corrected chi connectivity index (χ0v) is 17.8. The minimum atomic E-state index is 0.0973. The fourth-order valence-electron chi connectivity index (χ4n) is 4.06. The van der Waals surface area contributed by atoms with Gasteiger partial charge in [-0.3, -0.25) is 4.79 Å². The van der Waals surface area contributed by atoms with E-state index in [4.69, 9.17) is 0 Å². The largest absolute Gasteiger partial charge is 0.368 e. The van der Waals surface area contributed by atoms with Gasteiger partial charge in [0, 0.05) is 37.9 Å². The van der Waals surface area contributed by atoms with Crippen LogP contribution in [-0.4, -0.2) is 54.1 Å². The molecule has 154 valence electrons. The van der Waals surface area contributed by atoms with Gasteiger partial charge >= 0.3 is 0 Å². The molecule has 2 aliphatic rings. The smallest absolute Gasteiger partial charge is 0.230 e. The first-order valence-electron chi connectivity index (χ1n) is 10.5. The van der Waals surface area contributed by atoms with Crippen molar-refractivity contribution in [3.05, 3.63) is 42.0 Å². The van der Waals surface area contributed by atoms with Gasteiger partial charge in [-0.15, -0.1) is 10.2 Å². The van der Waals surface area contributed by atoms with Crippen LogP contribution in [0.2, 0.25) is 0 Å². The number of amides is 1. The van der Waals surface area contributed by atoms with E-state index in [0.717, 1.165) is 49.9 Å². The molecule has 0 unspecified atom stereocenters. The first-order valence-corrected chi connectivity index (χ1v) is 11.5. The molecule has 1 aliphatic carbocycles. The predicted molar refractivity (Wildman–Crippen MR) is 119 cm³/mol. The van der Waals surface area contributed by atoms with Crippen molar-refractivity contribution in [2.75, 3.05) is 41.7 Å². The number of thioether (sulfide) groups is 1. The molecular weight excluding hydrogens is 382 g/mol. The van der Waals surface area contributed by atoms with Crippen molar-refractivity contribution >= 4 is 29.2 Å². The number of carbonyl (C=O) groups excluding carboxylic acids is 1. The Labute approximate surface area is 177 Å². The number of piperazine rings is 1. The minimum absolute atomic E-state index is 0.0973. The van der Waals surface area contributed by atoms with Gasteiger partial charge in [-0.25, -0.2) is 0 Å². The fourth-order valence-corrected chi connectivity index (χ4v) is 4.68. The standard InChI is InChI=1S/C22H29N5OS/c1-17-5-4-8-19(15-17)26-11-13-27(14-12-26)20-9-10-22(25-24-20)29-16-21(28)23-18-6-2-3-7-18/h4-5,8-10,15,18H,2-3,6-7,11-14,16H2,1H3,(H,23,28). The van der Waals surface area contributed by atoms with Crippen molar-refractivity contribution in [2.24, 2.45) is 0 Å². The highest BCUT2D eigenvalue weighted by Gasteiger charge is 2.19. The van der Waals surface area contributed by atoms with Crippen LogP contribution < -0.4 is 15.1 Å². The molecule has 2 heterocycles. The third-order valence-corrected chi connectivity index (χ3v) is 6.59. The van der Waals surface area contributed by atoms with Crippen LogP contribution in [-0.2, 0) is 4.79 Å². The molecule has 7 heteroatoms. The second-order valence-electron chi connectivity index (χ2n) is 7.88. The number of hydrogen-bond acceptors (Lipinski definition) is 6. The Morgan fingerprint density at radius 2 is 1.83 bits per heavy atom. The molecule has 0 bridgehead atoms. The van der Waals surface area contributed by atoms with Gasteiger partial charge in [0.15, 0.2) is 5.82 Å². The summed E-state index contributed by atoms with van der Waals surface area (Å²) in [5.41, 5.74) is 2.58. The molecular formula is C22H29N5OS. The number of nitrogens with one attached hydrogen (secondary N) is 1. The zero-order valence-electron chi connectivity index (χ0n) is 17.0. The first-order chi connectivity index (χ1) is 14.2. The summed E-state index contributed by atoms with van der Waals surface area (Å²) in [4.78, 5) is 16.8. The van der Waals surface area contributed by atoms with Gasteiger partial charge in [-0.05, 0) is 49.6 Å². The lowest BCUT2D eigenvalue weighted by molar-refractivity contribution is -0.119. The summed E-state index contributed by atoms with van der Waals surface area (Å²) < 4.78 is 0. The second-order valence-corrected chi connectivity index (χ2v) is 8.88. The van der Waals surface area contributed by atoms with Crippen LogP contribution in [0.5, 0.6) is 0 Å². The van der Waals surface area contributed by atoms with E-state index < -0.39 is 0 Å². The summed E-state index contributed by atoms with van der Waals surface area (Å²) in [6, 6.07) is 13.0. The first kappa shape index (κ1) is 20.0. The SMILES string of the molecule is Cc1cccc(N2CCN(c3ccc(SCC(=O)NC4CCCC4)nn3)CC2)c1. The molecule has 6 nitrogen and oxygen atoms in total. The normalized spacial score (nSPS) is 17.6. The molecule has 1 aliphatic heterocycles. The molecule has 0 radical (unpaired) electrons. The maximum absolute atomic E-state index is 12.1. The Hall–Kier alpha value is -2.28. The van der Waals surface area contributed by atoms with Crippen LogP contribution in [0.25, 0.3) is 0 Å². The summed E-state index contributed by atoms with van der Waals surface area (Å²) in [5, 5.41) is 12.6. The number of hydrogen-bond donors (Lipinski definition) is 1. The molecule has 2 fully saturated rings. The van der Waals surface area contributed by atoms with E-state index in [-0.39, 0.29) is 5.91 Å². The number of benzene rings is 1. The average Bonchev–Trinajstić information content (AvgIpc) is 3.26. The molecule has 1 N–H and O–H groups in total. The average molecular weight is 412 g/mol. The quantitative estimate of drug-likeness (QED) is 0.736. The number of nitrogens with zero attached hydrogens (tertiary/aromatic N) is 4. The Balaban J connectivity index is 1.24. The van der Waals surface area contributed by atoms with Crippen molar-refractivity contribution in [2.45, 2.75) is 43.7 Å². The van der Waals surface area contributed by atoms with Gasteiger partial charge in [-0.2, -0.15) is 0 Å². The number of rotatable bonds is 6. The van der Waals surface area contributed by atoms with Crippen LogP contribution >= 0.6 is 11.8 Å². The van der Waals surface area contributed by atoms with E-state index in [9.17, 15) is 4.79 Å². The lowest BCUT2D eigenvalue weighted by atomic mass is 10.2. The molecule has 29 heavy (non-hydrogen) atoms. The summed E-state index contributed by atoms with van der Waals surface area (Å²) in [6.07, 6.45) is 4.68. The lowest BCUT2D eigenvalue weighted by Gasteiger charge is -2.36. The van der Waals surface area contributed by atoms with Crippen molar-refractivity contribution in [1.82, 2.24) is 15.5 Å². The minimum Gasteiger partial charge on any atom is -0.368 e. The van der Waals surface area contributed by atoms with E-state index in [1.807, 2.05) is 12.1 Å². The van der Waals surface area contributed by atoms with Crippen molar-refractivity contribution in [3.63, 3.8) is 0 Å².